The summed E-state index contributed by atoms with van der Waals surface area (Å²) >= 11 is 0. The molecule has 0 unspecified atom stereocenters. The topological polar surface area (TPSA) is 104 Å². The SMILES string of the molecule is CNC(=O)[C@@H](Cc1ccccc1)N(Cc1cccc(C)c1)C(=O)CCCN1C(=O)c2ccccc2S1(=O)=O. The van der Waals surface area contributed by atoms with E-state index in [4.69, 9.17) is 0 Å². The van der Waals surface area contributed by atoms with Gasteiger partial charge in [0.2, 0.25) is 11.8 Å². The Labute approximate surface area is 223 Å². The molecule has 1 aliphatic rings. The van der Waals surface area contributed by atoms with Crippen LogP contribution in [0.5, 0.6) is 0 Å². The first-order valence-corrected chi connectivity index (χ1v) is 13.9. The van der Waals surface area contributed by atoms with Crippen molar-refractivity contribution in [3.8, 4) is 0 Å². The third-order valence-corrected chi connectivity index (χ3v) is 8.46. The smallest absolute Gasteiger partial charge is 0.269 e. The Morgan fingerprint density at radius 1 is 0.947 bits per heavy atom. The lowest BCUT2D eigenvalue weighted by molar-refractivity contribution is -0.141. The standard InChI is InChI=1S/C29H31N3O5S/c1-21-10-8-13-23(18-21)20-31(25(28(34)30-2)19-22-11-4-3-5-12-22)27(33)16-9-17-32-29(35)24-14-6-7-15-26(24)38(32,36)37/h3-8,10-15,18,25H,9,16-17,19-20H2,1-2H3,(H,30,34)/t25-/m1/s1. The van der Waals surface area contributed by atoms with Gasteiger partial charge in [-0.1, -0.05) is 72.3 Å². The van der Waals surface area contributed by atoms with E-state index in [2.05, 4.69) is 5.32 Å². The van der Waals surface area contributed by atoms with Crippen LogP contribution in [-0.2, 0) is 32.6 Å². The highest BCUT2D eigenvalue weighted by molar-refractivity contribution is 7.90. The van der Waals surface area contributed by atoms with Crippen LogP contribution >= 0.6 is 0 Å². The lowest BCUT2D eigenvalue weighted by atomic mass is 10.0. The van der Waals surface area contributed by atoms with E-state index in [1.54, 1.807) is 17.0 Å². The molecule has 0 bridgehead atoms. The molecule has 1 heterocycles. The molecule has 1 aliphatic heterocycles. The van der Waals surface area contributed by atoms with Gasteiger partial charge in [0.15, 0.2) is 0 Å². The molecule has 198 valence electrons. The van der Waals surface area contributed by atoms with Crippen LogP contribution in [0.4, 0.5) is 0 Å². The Morgan fingerprint density at radius 2 is 1.63 bits per heavy atom. The molecule has 9 heteroatoms. The molecule has 0 spiro atoms. The molecule has 8 nitrogen and oxygen atoms in total. The second-order valence-corrected chi connectivity index (χ2v) is 11.1. The van der Waals surface area contributed by atoms with Gasteiger partial charge in [0, 0.05) is 33.0 Å². The Bertz CT molecular complexity index is 1440. The average molecular weight is 534 g/mol. The fraction of sp³-hybridized carbons (Fsp3) is 0.276. The lowest BCUT2D eigenvalue weighted by Gasteiger charge is -2.31. The zero-order valence-electron chi connectivity index (χ0n) is 21.5. The molecule has 1 N–H and O–H groups in total. The summed E-state index contributed by atoms with van der Waals surface area (Å²) in [6.45, 7) is 2.06. The van der Waals surface area contributed by atoms with E-state index in [9.17, 15) is 22.8 Å². The number of hydrogen-bond donors (Lipinski definition) is 1. The number of fused-ring (bicyclic) bond motifs is 1. The summed E-state index contributed by atoms with van der Waals surface area (Å²) < 4.78 is 26.6. The van der Waals surface area contributed by atoms with E-state index < -0.39 is 22.0 Å². The van der Waals surface area contributed by atoms with Crippen LogP contribution in [0.1, 0.15) is 39.9 Å². The first-order valence-electron chi connectivity index (χ1n) is 12.5. The summed E-state index contributed by atoms with van der Waals surface area (Å²) in [6.07, 6.45) is 0.435. The lowest BCUT2D eigenvalue weighted by Crippen LogP contribution is -2.49. The Balaban J connectivity index is 1.54. The summed E-state index contributed by atoms with van der Waals surface area (Å²) in [5, 5.41) is 2.68. The van der Waals surface area contributed by atoms with Crippen molar-refractivity contribution < 1.29 is 22.8 Å². The summed E-state index contributed by atoms with van der Waals surface area (Å²) in [7, 11) is -2.41. The van der Waals surface area contributed by atoms with E-state index in [1.807, 2.05) is 61.5 Å². The van der Waals surface area contributed by atoms with E-state index in [-0.39, 0.29) is 48.2 Å². The van der Waals surface area contributed by atoms with Crippen molar-refractivity contribution in [2.45, 2.75) is 43.7 Å². The minimum absolute atomic E-state index is 0.0139. The van der Waals surface area contributed by atoms with Crippen LogP contribution in [0.25, 0.3) is 0 Å². The van der Waals surface area contributed by atoms with Crippen molar-refractivity contribution in [2.75, 3.05) is 13.6 Å². The van der Waals surface area contributed by atoms with E-state index in [0.29, 0.717) is 6.42 Å². The van der Waals surface area contributed by atoms with Crippen molar-refractivity contribution in [1.82, 2.24) is 14.5 Å². The number of aryl methyl sites for hydroxylation is 1. The monoisotopic (exact) mass is 533 g/mol. The van der Waals surface area contributed by atoms with Gasteiger partial charge >= 0.3 is 0 Å². The predicted molar refractivity (Wildman–Crippen MR) is 144 cm³/mol. The minimum Gasteiger partial charge on any atom is -0.357 e. The Kier molecular flexibility index (Phi) is 8.26. The highest BCUT2D eigenvalue weighted by Crippen LogP contribution is 2.30. The van der Waals surface area contributed by atoms with Crippen LogP contribution in [-0.4, -0.2) is 55.0 Å². The maximum Gasteiger partial charge on any atom is 0.269 e. The van der Waals surface area contributed by atoms with Gasteiger partial charge in [0.1, 0.15) is 10.9 Å². The Hall–Kier alpha value is -3.98. The molecule has 0 radical (unpaired) electrons. The first kappa shape index (κ1) is 27.1. The molecular weight excluding hydrogens is 502 g/mol. The summed E-state index contributed by atoms with van der Waals surface area (Å²) in [4.78, 5) is 40.9. The quantitative estimate of drug-likeness (QED) is 0.431. The van der Waals surface area contributed by atoms with Crippen LogP contribution in [0, 0.1) is 6.92 Å². The van der Waals surface area contributed by atoms with Crippen LogP contribution in [0.2, 0.25) is 0 Å². The number of rotatable bonds is 10. The fourth-order valence-corrected chi connectivity index (χ4v) is 6.30. The summed E-state index contributed by atoms with van der Waals surface area (Å²) in [6, 6.07) is 22.5. The van der Waals surface area contributed by atoms with Crippen molar-refractivity contribution in [3.63, 3.8) is 0 Å². The summed E-state index contributed by atoms with van der Waals surface area (Å²) in [5.41, 5.74) is 2.97. The molecule has 0 fully saturated rings. The molecule has 0 aromatic heterocycles. The van der Waals surface area contributed by atoms with Crippen LogP contribution in [0.15, 0.2) is 83.8 Å². The number of carbonyl (C=O) groups excluding carboxylic acids is 3. The number of amides is 3. The van der Waals surface area contributed by atoms with Gasteiger partial charge in [-0.2, -0.15) is 0 Å². The van der Waals surface area contributed by atoms with Crippen molar-refractivity contribution in [1.29, 1.82) is 0 Å². The molecule has 4 rings (SSSR count). The molecule has 0 saturated carbocycles. The average Bonchev–Trinajstić information content (AvgIpc) is 3.11. The van der Waals surface area contributed by atoms with E-state index in [0.717, 1.165) is 21.0 Å². The highest BCUT2D eigenvalue weighted by Gasteiger charge is 2.40. The van der Waals surface area contributed by atoms with Crippen molar-refractivity contribution in [3.05, 3.63) is 101 Å². The third-order valence-electron chi connectivity index (χ3n) is 6.62. The van der Waals surface area contributed by atoms with Gasteiger partial charge < -0.3 is 10.2 Å². The third kappa shape index (κ3) is 5.78. The minimum atomic E-state index is -3.95. The molecule has 0 aliphatic carbocycles. The molecule has 0 saturated heterocycles. The number of hydrogen-bond acceptors (Lipinski definition) is 5. The fourth-order valence-electron chi connectivity index (χ4n) is 4.70. The number of sulfonamides is 1. The predicted octanol–water partition coefficient (Wildman–Crippen LogP) is 3.31. The molecule has 3 aromatic carbocycles. The van der Waals surface area contributed by atoms with Crippen molar-refractivity contribution in [2.24, 2.45) is 0 Å². The largest absolute Gasteiger partial charge is 0.357 e. The molecule has 38 heavy (non-hydrogen) atoms. The second kappa shape index (κ2) is 11.6. The molecule has 1 atom stereocenters. The maximum absolute atomic E-state index is 13.6. The molecule has 3 amide bonds. The zero-order chi connectivity index (χ0) is 27.3. The number of carbonyl (C=O) groups is 3. The van der Waals surface area contributed by atoms with Gasteiger partial charge in [-0.3, -0.25) is 14.4 Å². The second-order valence-electron chi connectivity index (χ2n) is 9.31. The number of nitrogens with one attached hydrogen (secondary N) is 1. The van der Waals surface area contributed by atoms with Gasteiger partial charge in [-0.25, -0.2) is 12.7 Å². The zero-order valence-corrected chi connectivity index (χ0v) is 22.3. The maximum atomic E-state index is 13.6. The van der Waals surface area contributed by atoms with Gasteiger partial charge in [0.05, 0.1) is 5.56 Å². The number of nitrogens with zero attached hydrogens (tertiary/aromatic N) is 2. The first-order chi connectivity index (χ1) is 18.2. The molecule has 3 aromatic rings. The van der Waals surface area contributed by atoms with Gasteiger partial charge in [-0.15, -0.1) is 0 Å². The number of likely N-dealkylation sites (N-methyl/N-ethyl adjacent to an activating group) is 1. The van der Waals surface area contributed by atoms with E-state index in [1.165, 1.54) is 19.2 Å². The summed E-state index contributed by atoms with van der Waals surface area (Å²) in [5.74, 6) is -1.17. The normalized spacial score (nSPS) is 14.6. The van der Waals surface area contributed by atoms with Crippen LogP contribution in [0.3, 0.4) is 0 Å². The molecular formula is C29H31N3O5S. The number of benzene rings is 3. The Morgan fingerprint density at radius 3 is 2.32 bits per heavy atom. The van der Waals surface area contributed by atoms with Gasteiger partial charge in [0.25, 0.3) is 15.9 Å². The van der Waals surface area contributed by atoms with Crippen molar-refractivity contribution >= 4 is 27.7 Å². The highest BCUT2D eigenvalue weighted by atomic mass is 32.2. The van der Waals surface area contributed by atoms with Crippen LogP contribution < -0.4 is 5.32 Å². The van der Waals surface area contributed by atoms with Gasteiger partial charge in [-0.05, 0) is 36.6 Å². The van der Waals surface area contributed by atoms with E-state index >= 15 is 0 Å².